The molecule has 4 atom stereocenters. The molecule has 1 saturated carbocycles. The van der Waals surface area contributed by atoms with Gasteiger partial charge < -0.3 is 9.47 Å². The van der Waals surface area contributed by atoms with Crippen LogP contribution >= 0.6 is 15.9 Å². The second kappa shape index (κ2) is 8.86. The fraction of sp³-hybridized carbons (Fsp3) is 0.600. The highest BCUT2D eigenvalue weighted by Crippen LogP contribution is 2.68. The Morgan fingerprint density at radius 1 is 0.875 bits per heavy atom. The van der Waals surface area contributed by atoms with Crippen molar-refractivity contribution in [3.05, 3.63) is 34.3 Å². The van der Waals surface area contributed by atoms with E-state index in [9.17, 15) is 15.8 Å². The Balaban J connectivity index is 1.88. The number of hydrogen-bond donors (Lipinski definition) is 1. The standard InChI is InChI=1S/C25H27BrN4O2/c26-19-12-10-18(11-13-19)21-23(15-27,16-28)24(17-29)20-9-7-5-3-1-2-4-6-8-14-25(20,31-21)32-22(24)30/h10-13,20-21,30H,1-9,14H2. The summed E-state index contributed by atoms with van der Waals surface area (Å²) in [6.07, 6.45) is 8.57. The normalized spacial score (nSPS) is 34.4. The largest absolute Gasteiger partial charge is 0.447 e. The zero-order chi connectivity index (χ0) is 22.8. The van der Waals surface area contributed by atoms with Crippen LogP contribution in [0.15, 0.2) is 28.7 Å². The van der Waals surface area contributed by atoms with Crippen LogP contribution < -0.4 is 0 Å². The van der Waals surface area contributed by atoms with Crippen molar-refractivity contribution in [1.29, 1.82) is 21.2 Å². The molecule has 4 rings (SSSR count). The first kappa shape index (κ1) is 22.8. The van der Waals surface area contributed by atoms with Crippen LogP contribution in [0.2, 0.25) is 0 Å². The molecule has 0 aromatic heterocycles. The molecule has 1 aromatic carbocycles. The monoisotopic (exact) mass is 494 g/mol. The summed E-state index contributed by atoms with van der Waals surface area (Å²) in [6, 6.07) is 13.9. The fourth-order valence-corrected chi connectivity index (χ4v) is 6.12. The minimum absolute atomic E-state index is 0.289. The topological polar surface area (TPSA) is 114 Å². The summed E-state index contributed by atoms with van der Waals surface area (Å²) in [5.41, 5.74) is -2.91. The van der Waals surface area contributed by atoms with E-state index in [0.717, 1.165) is 43.0 Å². The molecule has 1 N–H and O–H groups in total. The van der Waals surface area contributed by atoms with E-state index < -0.39 is 28.6 Å². The average molecular weight is 495 g/mol. The molecule has 1 aromatic rings. The van der Waals surface area contributed by atoms with Crippen LogP contribution in [0.4, 0.5) is 0 Å². The number of hydrogen-bond acceptors (Lipinski definition) is 6. The first-order valence-electron chi connectivity index (χ1n) is 11.4. The van der Waals surface area contributed by atoms with Crippen LogP contribution in [0, 0.1) is 56.2 Å². The third-order valence-corrected chi connectivity index (χ3v) is 8.02. The Labute approximate surface area is 197 Å². The summed E-state index contributed by atoms with van der Waals surface area (Å²) in [6.45, 7) is 0. The van der Waals surface area contributed by atoms with Crippen LogP contribution in [0.1, 0.15) is 75.9 Å². The van der Waals surface area contributed by atoms with Crippen LogP contribution in [0.5, 0.6) is 0 Å². The summed E-state index contributed by atoms with van der Waals surface area (Å²) in [4.78, 5) is 0. The molecule has 0 spiro atoms. The molecule has 3 aliphatic rings. The second-order valence-electron chi connectivity index (χ2n) is 9.16. The maximum absolute atomic E-state index is 10.5. The first-order valence-corrected chi connectivity index (χ1v) is 12.2. The first-order chi connectivity index (χ1) is 15.5. The molecule has 32 heavy (non-hydrogen) atoms. The zero-order valence-electron chi connectivity index (χ0n) is 18.1. The molecule has 3 fully saturated rings. The van der Waals surface area contributed by atoms with E-state index in [1.54, 1.807) is 12.1 Å². The lowest BCUT2D eigenvalue weighted by atomic mass is 9.52. The molecule has 4 unspecified atom stereocenters. The SMILES string of the molecule is N#CC1(C#N)C(c2ccc(Br)cc2)OC23CCCCCCCCCCC2C1(C#N)C(=N)O3. The maximum Gasteiger partial charge on any atom is 0.217 e. The van der Waals surface area contributed by atoms with Crippen LogP contribution in [0.25, 0.3) is 0 Å². The second-order valence-corrected chi connectivity index (χ2v) is 10.1. The molecule has 1 aliphatic carbocycles. The molecule has 2 saturated heterocycles. The highest BCUT2D eigenvalue weighted by Gasteiger charge is 2.79. The van der Waals surface area contributed by atoms with Crippen LogP contribution in [-0.2, 0) is 9.47 Å². The van der Waals surface area contributed by atoms with E-state index in [4.69, 9.17) is 14.9 Å². The summed E-state index contributed by atoms with van der Waals surface area (Å²) < 4.78 is 13.6. The molecule has 2 bridgehead atoms. The minimum atomic E-state index is -1.88. The third-order valence-electron chi connectivity index (χ3n) is 7.49. The van der Waals surface area contributed by atoms with Crippen LogP contribution in [0.3, 0.4) is 0 Å². The van der Waals surface area contributed by atoms with E-state index in [1.165, 1.54) is 12.8 Å². The number of nitrogens with one attached hydrogen (secondary N) is 1. The average Bonchev–Trinajstić information content (AvgIpc) is 2.97. The van der Waals surface area contributed by atoms with Crippen molar-refractivity contribution in [2.75, 3.05) is 0 Å². The molecule has 0 amide bonds. The molecular weight excluding hydrogens is 468 g/mol. The molecule has 2 heterocycles. The Morgan fingerprint density at radius 2 is 1.47 bits per heavy atom. The van der Waals surface area contributed by atoms with Crippen molar-refractivity contribution in [3.63, 3.8) is 0 Å². The molecule has 2 aliphatic heterocycles. The van der Waals surface area contributed by atoms with Gasteiger partial charge in [-0.3, -0.25) is 5.41 Å². The predicted octanol–water partition coefficient (Wildman–Crippen LogP) is 6.30. The quantitative estimate of drug-likeness (QED) is 0.491. The minimum Gasteiger partial charge on any atom is -0.447 e. The van der Waals surface area contributed by atoms with Gasteiger partial charge in [-0.05, 0) is 30.5 Å². The van der Waals surface area contributed by atoms with Gasteiger partial charge in [0.2, 0.25) is 17.1 Å². The Kier molecular flexibility index (Phi) is 6.30. The smallest absolute Gasteiger partial charge is 0.217 e. The summed E-state index contributed by atoms with van der Waals surface area (Å²) >= 11 is 3.42. The highest BCUT2D eigenvalue weighted by molar-refractivity contribution is 9.10. The van der Waals surface area contributed by atoms with Gasteiger partial charge >= 0.3 is 0 Å². The number of rotatable bonds is 1. The van der Waals surface area contributed by atoms with E-state index in [-0.39, 0.29) is 5.90 Å². The molecule has 166 valence electrons. The lowest BCUT2D eigenvalue weighted by molar-refractivity contribution is -0.287. The van der Waals surface area contributed by atoms with Gasteiger partial charge in [-0.2, -0.15) is 15.8 Å². The predicted molar refractivity (Wildman–Crippen MR) is 121 cm³/mol. The van der Waals surface area contributed by atoms with E-state index >= 15 is 0 Å². The van der Waals surface area contributed by atoms with E-state index in [1.807, 2.05) is 12.1 Å². The molecule has 7 heteroatoms. The summed E-state index contributed by atoms with van der Waals surface area (Å²) in [5.74, 6) is -1.98. The number of halogens is 1. The maximum atomic E-state index is 10.5. The van der Waals surface area contributed by atoms with Gasteiger partial charge in [-0.25, -0.2) is 0 Å². The van der Waals surface area contributed by atoms with Crippen molar-refractivity contribution in [3.8, 4) is 18.2 Å². The molecule has 6 nitrogen and oxygen atoms in total. The van der Waals surface area contributed by atoms with Gasteiger partial charge in [-0.1, -0.05) is 73.0 Å². The van der Waals surface area contributed by atoms with Crippen molar-refractivity contribution in [2.24, 2.45) is 16.7 Å². The zero-order valence-corrected chi connectivity index (χ0v) is 19.7. The number of nitrogens with zero attached hydrogens (tertiary/aromatic N) is 3. The van der Waals surface area contributed by atoms with Gasteiger partial charge in [0.15, 0.2) is 5.41 Å². The lowest BCUT2D eigenvalue weighted by Gasteiger charge is -2.50. The number of ether oxygens (including phenoxy) is 2. The third kappa shape index (κ3) is 3.24. The number of nitriles is 3. The van der Waals surface area contributed by atoms with Gasteiger partial charge in [0.25, 0.3) is 0 Å². The van der Waals surface area contributed by atoms with E-state index in [2.05, 4.69) is 34.1 Å². The Bertz CT molecular complexity index is 991. The summed E-state index contributed by atoms with van der Waals surface area (Å²) in [7, 11) is 0. The van der Waals surface area contributed by atoms with E-state index in [0.29, 0.717) is 18.4 Å². The Morgan fingerprint density at radius 3 is 2.06 bits per heavy atom. The van der Waals surface area contributed by atoms with Gasteiger partial charge in [0.05, 0.1) is 24.1 Å². The number of benzene rings is 1. The van der Waals surface area contributed by atoms with Crippen molar-refractivity contribution in [1.82, 2.24) is 0 Å². The fourth-order valence-electron chi connectivity index (χ4n) is 5.86. The summed E-state index contributed by atoms with van der Waals surface area (Å²) in [5, 5.41) is 40.1. The highest BCUT2D eigenvalue weighted by atomic mass is 79.9. The van der Waals surface area contributed by atoms with Crippen LogP contribution in [-0.4, -0.2) is 11.7 Å². The van der Waals surface area contributed by atoms with Crippen molar-refractivity contribution in [2.45, 2.75) is 76.1 Å². The molecular formula is C25H27BrN4O2. The van der Waals surface area contributed by atoms with Crippen molar-refractivity contribution >= 4 is 21.8 Å². The van der Waals surface area contributed by atoms with Crippen molar-refractivity contribution < 1.29 is 9.47 Å². The van der Waals surface area contributed by atoms with Gasteiger partial charge in [0, 0.05) is 10.9 Å². The molecule has 0 radical (unpaired) electrons. The lowest BCUT2D eigenvalue weighted by Crippen LogP contribution is -2.59. The van der Waals surface area contributed by atoms with Gasteiger partial charge in [0.1, 0.15) is 6.10 Å². The van der Waals surface area contributed by atoms with Gasteiger partial charge in [-0.15, -0.1) is 0 Å². The Hall–Kier alpha value is -2.40.